The van der Waals surface area contributed by atoms with Crippen LogP contribution in [-0.2, 0) is 17.8 Å². The average Bonchev–Trinajstić information content (AvgIpc) is 2.91. The van der Waals surface area contributed by atoms with E-state index in [1.807, 2.05) is 47.4 Å². The fourth-order valence-corrected chi connectivity index (χ4v) is 2.67. The first-order chi connectivity index (χ1) is 9.79. The lowest BCUT2D eigenvalue weighted by atomic mass is 10.1. The van der Waals surface area contributed by atoms with Crippen molar-refractivity contribution in [3.63, 3.8) is 0 Å². The highest BCUT2D eigenvalue weighted by Crippen LogP contribution is 2.28. The van der Waals surface area contributed by atoms with Gasteiger partial charge in [-0.1, -0.05) is 30.3 Å². The molecule has 0 radical (unpaired) electrons. The van der Waals surface area contributed by atoms with Gasteiger partial charge in [-0.2, -0.15) is 0 Å². The third kappa shape index (κ3) is 2.32. The number of ether oxygens (including phenoxy) is 1. The molecule has 0 fully saturated rings. The minimum atomic E-state index is 0.0629. The van der Waals surface area contributed by atoms with Gasteiger partial charge in [-0.05, 0) is 35.7 Å². The molecule has 3 rings (SSSR count). The summed E-state index contributed by atoms with van der Waals surface area (Å²) >= 11 is 0. The third-order valence-electron chi connectivity index (χ3n) is 3.62. The van der Waals surface area contributed by atoms with Crippen LogP contribution in [0.3, 0.4) is 0 Å². The van der Waals surface area contributed by atoms with Crippen LogP contribution in [-0.4, -0.2) is 19.6 Å². The van der Waals surface area contributed by atoms with Crippen LogP contribution in [0.2, 0.25) is 0 Å². The fourth-order valence-electron chi connectivity index (χ4n) is 2.67. The van der Waals surface area contributed by atoms with Crippen molar-refractivity contribution in [1.82, 2.24) is 0 Å². The number of carbonyl (C=O) groups is 1. The maximum atomic E-state index is 12.7. The predicted molar refractivity (Wildman–Crippen MR) is 79.0 cm³/mol. The van der Waals surface area contributed by atoms with Crippen molar-refractivity contribution < 1.29 is 9.53 Å². The van der Waals surface area contributed by atoms with Crippen LogP contribution in [0.15, 0.2) is 48.5 Å². The second kappa shape index (κ2) is 5.47. The standard InChI is InChI=1S/C17H17NO2/c1-20-12-13-5-4-7-15(11-13)17(19)18-10-9-14-6-2-3-8-16(14)18/h2-8,11H,9-10,12H2,1H3. The number of anilines is 1. The summed E-state index contributed by atoms with van der Waals surface area (Å²) < 4.78 is 5.12. The molecule has 1 aliphatic rings. The van der Waals surface area contributed by atoms with Gasteiger partial charge in [0.05, 0.1) is 6.61 Å². The normalized spacial score (nSPS) is 13.3. The summed E-state index contributed by atoms with van der Waals surface area (Å²) in [5.41, 5.74) is 4.02. The summed E-state index contributed by atoms with van der Waals surface area (Å²) in [5, 5.41) is 0. The van der Waals surface area contributed by atoms with E-state index in [1.54, 1.807) is 7.11 Å². The van der Waals surface area contributed by atoms with Crippen molar-refractivity contribution in [2.24, 2.45) is 0 Å². The van der Waals surface area contributed by atoms with Gasteiger partial charge >= 0.3 is 0 Å². The maximum Gasteiger partial charge on any atom is 0.258 e. The largest absolute Gasteiger partial charge is 0.380 e. The van der Waals surface area contributed by atoms with E-state index in [1.165, 1.54) is 5.56 Å². The molecule has 0 saturated carbocycles. The molecule has 0 aliphatic carbocycles. The van der Waals surface area contributed by atoms with Crippen LogP contribution in [0.5, 0.6) is 0 Å². The smallest absolute Gasteiger partial charge is 0.258 e. The number of rotatable bonds is 3. The highest BCUT2D eigenvalue weighted by Gasteiger charge is 2.24. The van der Waals surface area contributed by atoms with Crippen LogP contribution >= 0.6 is 0 Å². The lowest BCUT2D eigenvalue weighted by molar-refractivity contribution is 0.0989. The van der Waals surface area contributed by atoms with E-state index >= 15 is 0 Å². The SMILES string of the molecule is COCc1cccc(C(=O)N2CCc3ccccc32)c1. The zero-order valence-electron chi connectivity index (χ0n) is 11.5. The van der Waals surface area contributed by atoms with Crippen molar-refractivity contribution in [2.75, 3.05) is 18.6 Å². The molecule has 1 heterocycles. The van der Waals surface area contributed by atoms with Crippen LogP contribution in [0, 0.1) is 0 Å². The fraction of sp³-hybridized carbons (Fsp3) is 0.235. The molecular weight excluding hydrogens is 250 g/mol. The van der Waals surface area contributed by atoms with Gasteiger partial charge in [0.2, 0.25) is 0 Å². The Morgan fingerprint density at radius 2 is 2.05 bits per heavy atom. The molecule has 0 atom stereocenters. The van der Waals surface area contributed by atoms with E-state index in [0.29, 0.717) is 6.61 Å². The minimum Gasteiger partial charge on any atom is -0.380 e. The highest BCUT2D eigenvalue weighted by atomic mass is 16.5. The second-order valence-electron chi connectivity index (χ2n) is 4.97. The molecule has 3 nitrogen and oxygen atoms in total. The van der Waals surface area contributed by atoms with Crippen LogP contribution in [0.4, 0.5) is 5.69 Å². The molecule has 2 aromatic rings. The molecule has 1 amide bonds. The molecule has 102 valence electrons. The molecule has 0 spiro atoms. The lowest BCUT2D eigenvalue weighted by Gasteiger charge is -2.17. The van der Waals surface area contributed by atoms with Gasteiger partial charge in [0.1, 0.15) is 0 Å². The molecular formula is C17H17NO2. The van der Waals surface area contributed by atoms with E-state index in [4.69, 9.17) is 4.74 Å². The minimum absolute atomic E-state index is 0.0629. The number of hydrogen-bond acceptors (Lipinski definition) is 2. The summed E-state index contributed by atoms with van der Waals surface area (Å²) in [6, 6.07) is 15.7. The molecule has 20 heavy (non-hydrogen) atoms. The van der Waals surface area contributed by atoms with Gasteiger partial charge in [0.15, 0.2) is 0 Å². The summed E-state index contributed by atoms with van der Waals surface area (Å²) in [6.07, 6.45) is 0.930. The number of hydrogen-bond donors (Lipinski definition) is 0. The first-order valence-corrected chi connectivity index (χ1v) is 6.77. The van der Waals surface area contributed by atoms with Gasteiger partial charge < -0.3 is 9.64 Å². The summed E-state index contributed by atoms with van der Waals surface area (Å²) in [4.78, 5) is 14.5. The van der Waals surface area contributed by atoms with Gasteiger partial charge in [-0.15, -0.1) is 0 Å². The monoisotopic (exact) mass is 267 g/mol. The number of fused-ring (bicyclic) bond motifs is 1. The summed E-state index contributed by atoms with van der Waals surface area (Å²) in [7, 11) is 1.66. The van der Waals surface area contributed by atoms with Gasteiger partial charge in [0, 0.05) is 24.9 Å². The molecule has 0 N–H and O–H groups in total. The van der Waals surface area contributed by atoms with Crippen LogP contribution in [0.25, 0.3) is 0 Å². The van der Waals surface area contributed by atoms with Crippen LogP contribution < -0.4 is 4.90 Å². The number of methoxy groups -OCH3 is 1. The van der Waals surface area contributed by atoms with E-state index < -0.39 is 0 Å². The molecule has 0 aromatic heterocycles. The van der Waals surface area contributed by atoms with E-state index in [2.05, 4.69) is 6.07 Å². The molecule has 0 unspecified atom stereocenters. The Balaban J connectivity index is 1.89. The van der Waals surface area contributed by atoms with E-state index in [-0.39, 0.29) is 5.91 Å². The van der Waals surface area contributed by atoms with Crippen LogP contribution in [0.1, 0.15) is 21.5 Å². The Labute approximate surface area is 118 Å². The maximum absolute atomic E-state index is 12.7. The number of benzene rings is 2. The first-order valence-electron chi connectivity index (χ1n) is 6.77. The van der Waals surface area contributed by atoms with Gasteiger partial charge in [0.25, 0.3) is 5.91 Å². The van der Waals surface area contributed by atoms with E-state index in [0.717, 1.165) is 29.8 Å². The van der Waals surface area contributed by atoms with Crippen molar-refractivity contribution in [2.45, 2.75) is 13.0 Å². The number of para-hydroxylation sites is 1. The average molecular weight is 267 g/mol. The lowest BCUT2D eigenvalue weighted by Crippen LogP contribution is -2.28. The topological polar surface area (TPSA) is 29.5 Å². The molecule has 2 aromatic carbocycles. The Morgan fingerprint density at radius 1 is 1.20 bits per heavy atom. The number of nitrogens with zero attached hydrogens (tertiary/aromatic N) is 1. The zero-order chi connectivity index (χ0) is 13.9. The quantitative estimate of drug-likeness (QED) is 0.855. The Bertz CT molecular complexity index is 636. The van der Waals surface area contributed by atoms with Crippen molar-refractivity contribution in [3.05, 3.63) is 65.2 Å². The van der Waals surface area contributed by atoms with E-state index in [9.17, 15) is 4.79 Å². The Hall–Kier alpha value is -2.13. The van der Waals surface area contributed by atoms with Crippen molar-refractivity contribution in [1.29, 1.82) is 0 Å². The predicted octanol–water partition coefficient (Wildman–Crippen LogP) is 3.04. The molecule has 0 saturated heterocycles. The second-order valence-corrected chi connectivity index (χ2v) is 4.97. The summed E-state index contributed by atoms with van der Waals surface area (Å²) in [6.45, 7) is 1.28. The summed E-state index contributed by atoms with van der Waals surface area (Å²) in [5.74, 6) is 0.0629. The molecule has 0 bridgehead atoms. The Morgan fingerprint density at radius 3 is 2.90 bits per heavy atom. The van der Waals surface area contributed by atoms with Crippen molar-refractivity contribution >= 4 is 11.6 Å². The first kappa shape index (κ1) is 12.9. The third-order valence-corrected chi connectivity index (χ3v) is 3.62. The molecule has 1 aliphatic heterocycles. The number of amides is 1. The van der Waals surface area contributed by atoms with Crippen molar-refractivity contribution in [3.8, 4) is 0 Å². The van der Waals surface area contributed by atoms with Gasteiger partial charge in [-0.25, -0.2) is 0 Å². The Kier molecular flexibility index (Phi) is 3.52. The number of carbonyl (C=O) groups excluding carboxylic acids is 1. The highest BCUT2D eigenvalue weighted by molar-refractivity contribution is 6.07. The molecule has 3 heteroatoms. The van der Waals surface area contributed by atoms with Gasteiger partial charge in [-0.3, -0.25) is 4.79 Å². The zero-order valence-corrected chi connectivity index (χ0v) is 11.5.